The Hall–Kier alpha value is -2.55. The number of rotatable bonds is 4. The smallest absolute Gasteiger partial charge is 0.120 e. The normalized spacial score (nSPS) is 11.6. The van der Waals surface area contributed by atoms with Crippen molar-refractivity contribution in [1.29, 1.82) is 5.41 Å². The molecule has 0 aliphatic heterocycles. The van der Waals surface area contributed by atoms with Crippen LogP contribution < -0.4 is 11.1 Å². The summed E-state index contributed by atoms with van der Waals surface area (Å²) in [5, 5.41) is 11.0. The van der Waals surface area contributed by atoms with Crippen LogP contribution in [0.15, 0.2) is 66.2 Å². The highest BCUT2D eigenvalue weighted by molar-refractivity contribution is 6.03. The Morgan fingerprint density at radius 2 is 1.47 bits per heavy atom. The lowest BCUT2D eigenvalue weighted by Crippen LogP contribution is -2.15. The van der Waals surface area contributed by atoms with Crippen LogP contribution in [0.25, 0.3) is 5.70 Å². The first kappa shape index (κ1) is 12.9. The van der Waals surface area contributed by atoms with Gasteiger partial charge in [0.25, 0.3) is 0 Å². The maximum atomic E-state index is 7.63. The van der Waals surface area contributed by atoms with Gasteiger partial charge in [0.2, 0.25) is 0 Å². The maximum absolute atomic E-state index is 7.63. The fraction of sp³-hybridized carbons (Fsp3) is 0.0625. The van der Waals surface area contributed by atoms with Gasteiger partial charge >= 0.3 is 0 Å². The van der Waals surface area contributed by atoms with Crippen LogP contribution >= 0.6 is 0 Å². The van der Waals surface area contributed by atoms with E-state index in [1.807, 2.05) is 67.6 Å². The molecule has 3 heteroatoms. The number of para-hydroxylation sites is 1. The molecule has 4 N–H and O–H groups in total. The highest BCUT2D eigenvalue weighted by atomic mass is 14.9. The molecule has 0 atom stereocenters. The van der Waals surface area contributed by atoms with E-state index in [4.69, 9.17) is 11.1 Å². The predicted octanol–water partition coefficient (Wildman–Crippen LogP) is 3.47. The Morgan fingerprint density at radius 3 is 2.00 bits per heavy atom. The summed E-state index contributed by atoms with van der Waals surface area (Å²) in [5.41, 5.74) is 9.19. The van der Waals surface area contributed by atoms with Gasteiger partial charge in [-0.3, -0.25) is 5.41 Å². The average molecular weight is 251 g/mol. The number of anilines is 1. The largest absolute Gasteiger partial charge is 0.384 e. The van der Waals surface area contributed by atoms with Crippen LogP contribution in [0.3, 0.4) is 0 Å². The van der Waals surface area contributed by atoms with Crippen molar-refractivity contribution in [2.24, 2.45) is 5.73 Å². The standard InChI is InChI=1S/C16H17N3/c1-12(16(17)18)15(13-8-4-2-5-9-13)19-14-10-6-3-7-11-14/h2-11,19H,1H3,(H3,17,18)/b15-12-. The van der Waals surface area contributed by atoms with Crippen molar-refractivity contribution in [2.45, 2.75) is 6.92 Å². The molecule has 2 rings (SSSR count). The number of amidine groups is 1. The third-order valence-corrected chi connectivity index (χ3v) is 2.88. The second-order valence-corrected chi connectivity index (χ2v) is 4.27. The van der Waals surface area contributed by atoms with Gasteiger partial charge in [-0.25, -0.2) is 0 Å². The number of nitrogens with one attached hydrogen (secondary N) is 2. The lowest BCUT2D eigenvalue weighted by molar-refractivity contribution is 1.37. The molecule has 3 nitrogen and oxygen atoms in total. The number of hydrogen-bond acceptors (Lipinski definition) is 2. The molecule has 0 heterocycles. The quantitative estimate of drug-likeness (QED) is 0.575. The van der Waals surface area contributed by atoms with Crippen LogP contribution in [-0.4, -0.2) is 5.84 Å². The van der Waals surface area contributed by atoms with Gasteiger partial charge in [0.05, 0.1) is 5.70 Å². The molecule has 2 aromatic carbocycles. The Labute approximate surface area is 113 Å². The van der Waals surface area contributed by atoms with E-state index in [0.717, 1.165) is 22.5 Å². The molecule has 0 saturated carbocycles. The zero-order valence-corrected chi connectivity index (χ0v) is 10.9. The second-order valence-electron chi connectivity index (χ2n) is 4.27. The van der Waals surface area contributed by atoms with Crippen molar-refractivity contribution in [1.82, 2.24) is 0 Å². The zero-order valence-electron chi connectivity index (χ0n) is 10.9. The van der Waals surface area contributed by atoms with Crippen LogP contribution in [-0.2, 0) is 0 Å². The Balaban J connectivity index is 2.42. The lowest BCUT2D eigenvalue weighted by Gasteiger charge is -2.14. The maximum Gasteiger partial charge on any atom is 0.120 e. The summed E-state index contributed by atoms with van der Waals surface area (Å²) >= 11 is 0. The van der Waals surface area contributed by atoms with Crippen molar-refractivity contribution >= 4 is 17.2 Å². The summed E-state index contributed by atoms with van der Waals surface area (Å²) < 4.78 is 0. The topological polar surface area (TPSA) is 61.9 Å². The molecular weight excluding hydrogens is 234 g/mol. The molecule has 0 fully saturated rings. The fourth-order valence-electron chi connectivity index (χ4n) is 1.79. The van der Waals surface area contributed by atoms with Crippen molar-refractivity contribution in [3.63, 3.8) is 0 Å². The molecule has 2 aromatic rings. The minimum absolute atomic E-state index is 0.0716. The van der Waals surface area contributed by atoms with E-state index < -0.39 is 0 Å². The summed E-state index contributed by atoms with van der Waals surface area (Å²) in [4.78, 5) is 0. The van der Waals surface area contributed by atoms with Gasteiger partial charge in [-0.05, 0) is 24.6 Å². The molecule has 19 heavy (non-hydrogen) atoms. The zero-order chi connectivity index (χ0) is 13.7. The molecule has 0 amide bonds. The highest BCUT2D eigenvalue weighted by Gasteiger charge is 2.08. The third kappa shape index (κ3) is 3.22. The summed E-state index contributed by atoms with van der Waals surface area (Å²) in [6.07, 6.45) is 0. The van der Waals surface area contributed by atoms with Crippen molar-refractivity contribution < 1.29 is 0 Å². The van der Waals surface area contributed by atoms with Crippen LogP contribution in [0.5, 0.6) is 0 Å². The number of hydrogen-bond donors (Lipinski definition) is 3. The molecule has 0 aliphatic rings. The first-order chi connectivity index (χ1) is 9.18. The molecule has 0 bridgehead atoms. The third-order valence-electron chi connectivity index (χ3n) is 2.88. The van der Waals surface area contributed by atoms with Gasteiger partial charge in [0.15, 0.2) is 0 Å². The van der Waals surface area contributed by atoms with Gasteiger partial charge in [-0.2, -0.15) is 0 Å². The molecule has 96 valence electrons. The number of nitrogens with two attached hydrogens (primary N) is 1. The van der Waals surface area contributed by atoms with Crippen molar-refractivity contribution in [3.8, 4) is 0 Å². The van der Waals surface area contributed by atoms with E-state index in [2.05, 4.69) is 5.32 Å². The molecule has 0 radical (unpaired) electrons. The first-order valence-corrected chi connectivity index (χ1v) is 6.11. The van der Waals surface area contributed by atoms with E-state index >= 15 is 0 Å². The van der Waals surface area contributed by atoms with Crippen LogP contribution in [0.4, 0.5) is 5.69 Å². The molecule has 0 saturated heterocycles. The van der Waals surface area contributed by atoms with Gasteiger partial charge in [0, 0.05) is 11.3 Å². The molecule has 0 aliphatic carbocycles. The van der Waals surface area contributed by atoms with E-state index in [-0.39, 0.29) is 5.84 Å². The minimum Gasteiger partial charge on any atom is -0.384 e. The van der Waals surface area contributed by atoms with Crippen LogP contribution in [0.2, 0.25) is 0 Å². The molecular formula is C16H17N3. The van der Waals surface area contributed by atoms with Crippen molar-refractivity contribution in [2.75, 3.05) is 5.32 Å². The predicted molar refractivity (Wildman–Crippen MR) is 81.0 cm³/mol. The summed E-state index contributed by atoms with van der Waals surface area (Å²) in [5.74, 6) is 0.0716. The Bertz CT molecular complexity index is 586. The first-order valence-electron chi connectivity index (χ1n) is 6.11. The second kappa shape index (κ2) is 5.87. The molecule has 0 unspecified atom stereocenters. The highest BCUT2D eigenvalue weighted by Crippen LogP contribution is 2.21. The van der Waals surface area contributed by atoms with E-state index in [1.165, 1.54) is 0 Å². The number of benzene rings is 2. The van der Waals surface area contributed by atoms with E-state index in [0.29, 0.717) is 0 Å². The average Bonchev–Trinajstić information content (AvgIpc) is 2.46. The summed E-state index contributed by atoms with van der Waals surface area (Å²) in [7, 11) is 0. The van der Waals surface area contributed by atoms with Gasteiger partial charge in [-0.1, -0.05) is 48.5 Å². The molecule has 0 spiro atoms. The van der Waals surface area contributed by atoms with Gasteiger partial charge in [0.1, 0.15) is 5.84 Å². The molecule has 0 aromatic heterocycles. The monoisotopic (exact) mass is 251 g/mol. The summed E-state index contributed by atoms with van der Waals surface area (Å²) in [6.45, 7) is 1.85. The van der Waals surface area contributed by atoms with Crippen LogP contribution in [0.1, 0.15) is 12.5 Å². The van der Waals surface area contributed by atoms with Gasteiger partial charge < -0.3 is 11.1 Å². The Morgan fingerprint density at radius 1 is 0.947 bits per heavy atom. The SMILES string of the molecule is C/C(C(=N)N)=C(/Nc1ccccc1)c1ccccc1. The van der Waals surface area contributed by atoms with E-state index in [1.54, 1.807) is 0 Å². The lowest BCUT2D eigenvalue weighted by atomic mass is 10.1. The Kier molecular flexibility index (Phi) is 3.98. The summed E-state index contributed by atoms with van der Waals surface area (Å²) in [6, 6.07) is 19.8. The van der Waals surface area contributed by atoms with Gasteiger partial charge in [-0.15, -0.1) is 0 Å². The van der Waals surface area contributed by atoms with Crippen molar-refractivity contribution in [3.05, 3.63) is 71.8 Å². The van der Waals surface area contributed by atoms with E-state index in [9.17, 15) is 0 Å². The van der Waals surface area contributed by atoms with Crippen LogP contribution in [0, 0.1) is 5.41 Å². The minimum atomic E-state index is 0.0716. The fourth-order valence-corrected chi connectivity index (χ4v) is 1.79.